The van der Waals surface area contributed by atoms with Crippen LogP contribution in [0.15, 0.2) is 36.5 Å². The van der Waals surface area contributed by atoms with E-state index in [0.29, 0.717) is 5.69 Å². The first kappa shape index (κ1) is 14.0. The van der Waals surface area contributed by atoms with Crippen molar-refractivity contribution in [2.45, 2.75) is 6.43 Å². The van der Waals surface area contributed by atoms with Crippen LogP contribution in [0.4, 0.5) is 14.5 Å². The maximum absolute atomic E-state index is 12.2. The van der Waals surface area contributed by atoms with Gasteiger partial charge in [-0.1, -0.05) is 0 Å². The largest absolute Gasteiger partial charge is 0.399 e. The van der Waals surface area contributed by atoms with Crippen LogP contribution in [0.2, 0.25) is 0 Å². The molecule has 0 radical (unpaired) electrons. The topological polar surface area (TPSA) is 64.2 Å². The molecule has 106 valence electrons. The summed E-state index contributed by atoms with van der Waals surface area (Å²) >= 11 is 0. The summed E-state index contributed by atoms with van der Waals surface area (Å²) in [7, 11) is 1.32. The first-order chi connectivity index (χ1) is 9.47. The molecule has 0 aliphatic carbocycles. The van der Waals surface area contributed by atoms with Crippen LogP contribution < -0.4 is 5.73 Å². The molecule has 0 saturated heterocycles. The molecule has 2 rings (SSSR count). The van der Waals surface area contributed by atoms with Gasteiger partial charge in [0.1, 0.15) is 0 Å². The van der Waals surface area contributed by atoms with Gasteiger partial charge in [-0.2, -0.15) is 5.10 Å². The van der Waals surface area contributed by atoms with E-state index in [-0.39, 0.29) is 5.69 Å². The number of nitrogen functional groups attached to an aromatic ring is 1. The Morgan fingerprint density at radius 1 is 1.35 bits per heavy atom. The summed E-state index contributed by atoms with van der Waals surface area (Å²) in [5.41, 5.74) is 7.05. The van der Waals surface area contributed by atoms with Crippen LogP contribution in [0.3, 0.4) is 0 Å². The third kappa shape index (κ3) is 3.11. The summed E-state index contributed by atoms with van der Waals surface area (Å²) in [5.74, 6) is -0.542. The average Bonchev–Trinajstić information content (AvgIpc) is 2.87. The Kier molecular flexibility index (Phi) is 3.97. The number of anilines is 1. The van der Waals surface area contributed by atoms with Gasteiger partial charge in [-0.05, 0) is 30.3 Å². The Labute approximate surface area is 114 Å². The molecule has 7 heteroatoms. The number of benzene rings is 1. The van der Waals surface area contributed by atoms with Gasteiger partial charge in [0, 0.05) is 18.9 Å². The molecule has 5 nitrogen and oxygen atoms in total. The highest BCUT2D eigenvalue weighted by molar-refractivity contribution is 5.92. The molecule has 1 amide bonds. The standard InChI is InChI=1S/C13H14F2N4O/c1-18(8-12(14)15)13(20)11-6-7-19(17-11)10-4-2-9(16)3-5-10/h2-7,12H,8,16H2,1H3. The van der Waals surface area contributed by atoms with Crippen LogP contribution in [0.1, 0.15) is 10.5 Å². The molecule has 1 heterocycles. The van der Waals surface area contributed by atoms with Crippen molar-refractivity contribution in [3.8, 4) is 5.69 Å². The van der Waals surface area contributed by atoms with E-state index in [1.165, 1.54) is 17.8 Å². The molecule has 0 aliphatic rings. The highest BCUT2D eigenvalue weighted by Crippen LogP contribution is 2.11. The number of hydrogen-bond acceptors (Lipinski definition) is 3. The number of rotatable bonds is 4. The van der Waals surface area contributed by atoms with Crippen LogP contribution in [0.25, 0.3) is 5.69 Å². The van der Waals surface area contributed by atoms with E-state index in [1.54, 1.807) is 30.5 Å². The van der Waals surface area contributed by atoms with Crippen molar-refractivity contribution in [3.05, 3.63) is 42.2 Å². The summed E-state index contributed by atoms with van der Waals surface area (Å²) in [6.45, 7) is -0.617. The lowest BCUT2D eigenvalue weighted by Gasteiger charge is -2.14. The Morgan fingerprint density at radius 2 is 2.00 bits per heavy atom. The normalized spacial score (nSPS) is 10.8. The van der Waals surface area contributed by atoms with Crippen molar-refractivity contribution in [2.24, 2.45) is 0 Å². The van der Waals surface area contributed by atoms with Crippen LogP contribution in [-0.4, -0.2) is 40.6 Å². The maximum Gasteiger partial charge on any atom is 0.274 e. The molecule has 2 aromatic rings. The zero-order valence-electron chi connectivity index (χ0n) is 10.8. The van der Waals surface area contributed by atoms with Gasteiger partial charge in [-0.15, -0.1) is 0 Å². The number of alkyl halides is 2. The minimum absolute atomic E-state index is 0.116. The summed E-state index contributed by atoms with van der Waals surface area (Å²) in [6, 6.07) is 8.41. The monoisotopic (exact) mass is 280 g/mol. The van der Waals surface area contributed by atoms with Gasteiger partial charge >= 0.3 is 0 Å². The van der Waals surface area contributed by atoms with Crippen molar-refractivity contribution in [1.29, 1.82) is 0 Å². The van der Waals surface area contributed by atoms with E-state index in [4.69, 9.17) is 5.73 Å². The molecule has 1 aromatic carbocycles. The van der Waals surface area contributed by atoms with Gasteiger partial charge < -0.3 is 10.6 Å². The van der Waals surface area contributed by atoms with Crippen LogP contribution in [0.5, 0.6) is 0 Å². The van der Waals surface area contributed by atoms with Crippen molar-refractivity contribution >= 4 is 11.6 Å². The first-order valence-electron chi connectivity index (χ1n) is 5.92. The summed E-state index contributed by atoms with van der Waals surface area (Å²) in [6.07, 6.45) is -0.974. The first-order valence-corrected chi connectivity index (χ1v) is 5.92. The number of halogens is 2. The smallest absolute Gasteiger partial charge is 0.274 e. The molecule has 0 atom stereocenters. The molecular formula is C13H14F2N4O. The predicted octanol–water partition coefficient (Wildman–Crippen LogP) is 1.79. The summed E-state index contributed by atoms with van der Waals surface area (Å²) < 4.78 is 26.0. The van der Waals surface area contributed by atoms with Crippen LogP contribution in [0, 0.1) is 0 Å². The molecule has 1 aromatic heterocycles. The second kappa shape index (κ2) is 5.68. The third-order valence-corrected chi connectivity index (χ3v) is 2.72. The zero-order chi connectivity index (χ0) is 14.7. The summed E-state index contributed by atoms with van der Waals surface area (Å²) in [5, 5.41) is 4.08. The molecule has 2 N–H and O–H groups in total. The lowest BCUT2D eigenvalue weighted by Crippen LogP contribution is -2.31. The SMILES string of the molecule is CN(CC(F)F)C(=O)c1ccn(-c2ccc(N)cc2)n1. The van der Waals surface area contributed by atoms with Crippen molar-refractivity contribution in [2.75, 3.05) is 19.3 Å². The van der Waals surface area contributed by atoms with Crippen molar-refractivity contribution in [1.82, 2.24) is 14.7 Å². The Bertz CT molecular complexity index is 595. The molecular weight excluding hydrogens is 266 g/mol. The minimum atomic E-state index is -2.57. The summed E-state index contributed by atoms with van der Waals surface area (Å²) in [4.78, 5) is 12.8. The third-order valence-electron chi connectivity index (χ3n) is 2.72. The predicted molar refractivity (Wildman–Crippen MR) is 70.9 cm³/mol. The Balaban J connectivity index is 2.16. The van der Waals surface area contributed by atoms with E-state index < -0.39 is 18.9 Å². The van der Waals surface area contributed by atoms with Crippen molar-refractivity contribution < 1.29 is 13.6 Å². The van der Waals surface area contributed by atoms with Gasteiger partial charge in [0.2, 0.25) is 0 Å². The maximum atomic E-state index is 12.2. The second-order valence-corrected chi connectivity index (χ2v) is 4.31. The highest BCUT2D eigenvalue weighted by Gasteiger charge is 2.18. The van der Waals surface area contributed by atoms with Crippen LogP contribution >= 0.6 is 0 Å². The van der Waals surface area contributed by atoms with E-state index >= 15 is 0 Å². The van der Waals surface area contributed by atoms with Gasteiger partial charge in [0.15, 0.2) is 5.69 Å². The number of nitrogens with two attached hydrogens (primary N) is 1. The highest BCUT2D eigenvalue weighted by atomic mass is 19.3. The average molecular weight is 280 g/mol. The lowest BCUT2D eigenvalue weighted by molar-refractivity contribution is 0.0615. The lowest BCUT2D eigenvalue weighted by atomic mass is 10.3. The van der Waals surface area contributed by atoms with Gasteiger partial charge in [0.05, 0.1) is 12.2 Å². The molecule has 0 aliphatic heterocycles. The number of carbonyl (C=O) groups excluding carboxylic acids is 1. The fraction of sp³-hybridized carbons (Fsp3) is 0.231. The quantitative estimate of drug-likeness (QED) is 0.868. The minimum Gasteiger partial charge on any atom is -0.399 e. The molecule has 0 fully saturated rings. The molecule has 0 saturated carbocycles. The molecule has 0 spiro atoms. The van der Waals surface area contributed by atoms with Gasteiger partial charge in [0.25, 0.3) is 12.3 Å². The fourth-order valence-corrected chi connectivity index (χ4v) is 1.69. The molecule has 0 unspecified atom stereocenters. The molecule has 20 heavy (non-hydrogen) atoms. The number of hydrogen-bond donors (Lipinski definition) is 1. The second-order valence-electron chi connectivity index (χ2n) is 4.31. The van der Waals surface area contributed by atoms with E-state index in [1.807, 2.05) is 0 Å². The Hall–Kier alpha value is -2.44. The molecule has 0 bridgehead atoms. The number of carbonyl (C=O) groups is 1. The van der Waals surface area contributed by atoms with Gasteiger partial charge in [-0.25, -0.2) is 13.5 Å². The zero-order valence-corrected chi connectivity index (χ0v) is 10.8. The van der Waals surface area contributed by atoms with E-state index in [9.17, 15) is 13.6 Å². The number of amides is 1. The fourth-order valence-electron chi connectivity index (χ4n) is 1.69. The van der Waals surface area contributed by atoms with E-state index in [2.05, 4.69) is 5.10 Å². The van der Waals surface area contributed by atoms with E-state index in [0.717, 1.165) is 10.6 Å². The Morgan fingerprint density at radius 3 is 2.60 bits per heavy atom. The van der Waals surface area contributed by atoms with Gasteiger partial charge in [-0.3, -0.25) is 4.79 Å². The number of aromatic nitrogens is 2. The van der Waals surface area contributed by atoms with Crippen LogP contribution in [-0.2, 0) is 0 Å². The number of nitrogens with zero attached hydrogens (tertiary/aromatic N) is 3. The van der Waals surface area contributed by atoms with Crippen molar-refractivity contribution in [3.63, 3.8) is 0 Å².